The van der Waals surface area contributed by atoms with Gasteiger partial charge in [-0.3, -0.25) is 0 Å². The number of alkyl halides is 3. The Labute approximate surface area is 185 Å². The van der Waals surface area contributed by atoms with E-state index in [1.165, 1.54) is 37.8 Å². The third kappa shape index (κ3) is 6.39. The Kier molecular flexibility index (Phi) is 8.07. The van der Waals surface area contributed by atoms with Crippen molar-refractivity contribution in [2.24, 2.45) is 5.92 Å². The molecular formula is C26H28F6. The van der Waals surface area contributed by atoms with Crippen LogP contribution in [0.4, 0.5) is 26.3 Å². The number of benzene rings is 2. The molecule has 1 aliphatic carbocycles. The molecule has 0 saturated heterocycles. The molecule has 0 amide bonds. The molecule has 0 atom stereocenters. The second-order valence-electron chi connectivity index (χ2n) is 8.68. The van der Waals surface area contributed by atoms with E-state index in [-0.39, 0.29) is 23.1 Å². The average molecular weight is 454 g/mol. The molecule has 0 aliphatic heterocycles. The summed E-state index contributed by atoms with van der Waals surface area (Å²) in [5.74, 6) is -1.94. The van der Waals surface area contributed by atoms with Gasteiger partial charge in [-0.05, 0) is 72.9 Å². The number of hydrogen-bond donors (Lipinski definition) is 0. The topological polar surface area (TPSA) is 0 Å². The minimum Gasteiger partial charge on any atom is -0.206 e. The zero-order valence-electron chi connectivity index (χ0n) is 18.1. The van der Waals surface area contributed by atoms with E-state index in [0.717, 1.165) is 49.3 Å². The predicted octanol–water partition coefficient (Wildman–Crippen LogP) is 9.20. The maximum absolute atomic E-state index is 14.8. The molecule has 0 spiro atoms. The molecule has 0 unspecified atom stereocenters. The first-order chi connectivity index (χ1) is 15.2. The van der Waals surface area contributed by atoms with Gasteiger partial charge < -0.3 is 0 Å². The fraction of sp³-hybridized carbons (Fsp3) is 0.462. The molecule has 174 valence electrons. The standard InChI is InChI=1S/C26H28F6/c1-2-3-4-5-17-6-8-18(9-7-17)19-10-11-21(23(27)14-19)20-15-24(28)22(25(29)16-20)12-13-26(30,31)32/h10-18H,2-9H2,1H3/b13-12+. The molecule has 0 aromatic heterocycles. The smallest absolute Gasteiger partial charge is 0.206 e. The molecule has 1 saturated carbocycles. The summed E-state index contributed by atoms with van der Waals surface area (Å²) < 4.78 is 80.2. The fourth-order valence-electron chi connectivity index (χ4n) is 4.56. The van der Waals surface area contributed by atoms with E-state index in [2.05, 4.69) is 6.92 Å². The van der Waals surface area contributed by atoms with E-state index in [9.17, 15) is 26.3 Å². The lowest BCUT2D eigenvalue weighted by Gasteiger charge is -2.29. The molecule has 1 aliphatic rings. The normalized spacial score (nSPS) is 19.6. The minimum absolute atomic E-state index is 0.0196. The van der Waals surface area contributed by atoms with Gasteiger partial charge in [0.25, 0.3) is 0 Å². The summed E-state index contributed by atoms with van der Waals surface area (Å²) in [6.07, 6.45) is 4.64. The molecule has 0 N–H and O–H groups in total. The van der Waals surface area contributed by atoms with E-state index < -0.39 is 29.2 Å². The molecule has 1 fully saturated rings. The van der Waals surface area contributed by atoms with Crippen LogP contribution in [0.1, 0.15) is 75.3 Å². The van der Waals surface area contributed by atoms with Crippen LogP contribution in [-0.2, 0) is 0 Å². The maximum atomic E-state index is 14.8. The highest BCUT2D eigenvalue weighted by Gasteiger charge is 2.24. The molecule has 32 heavy (non-hydrogen) atoms. The SMILES string of the molecule is CCCCCC1CCC(c2ccc(-c3cc(F)c(/C=C/C(F)(F)F)c(F)c3)c(F)c2)CC1. The molecule has 0 radical (unpaired) electrons. The first kappa shape index (κ1) is 24.4. The second-order valence-corrected chi connectivity index (χ2v) is 8.68. The highest BCUT2D eigenvalue weighted by Crippen LogP contribution is 2.39. The van der Waals surface area contributed by atoms with Crippen LogP contribution in [0.5, 0.6) is 0 Å². The van der Waals surface area contributed by atoms with Gasteiger partial charge in [-0.25, -0.2) is 13.2 Å². The van der Waals surface area contributed by atoms with Crippen molar-refractivity contribution in [3.8, 4) is 11.1 Å². The van der Waals surface area contributed by atoms with Crippen LogP contribution in [0.25, 0.3) is 17.2 Å². The van der Waals surface area contributed by atoms with Crippen molar-refractivity contribution in [2.75, 3.05) is 0 Å². The highest BCUT2D eigenvalue weighted by atomic mass is 19.4. The molecule has 3 rings (SSSR count). The molecular weight excluding hydrogens is 426 g/mol. The quantitative estimate of drug-likeness (QED) is 0.289. The van der Waals surface area contributed by atoms with E-state index in [4.69, 9.17) is 0 Å². The van der Waals surface area contributed by atoms with E-state index in [1.54, 1.807) is 6.07 Å². The van der Waals surface area contributed by atoms with Crippen molar-refractivity contribution in [1.82, 2.24) is 0 Å². The van der Waals surface area contributed by atoms with E-state index >= 15 is 0 Å². The average Bonchev–Trinajstić information content (AvgIpc) is 2.73. The number of allylic oxidation sites excluding steroid dienone is 1. The molecule has 0 heterocycles. The Morgan fingerprint density at radius 3 is 2.09 bits per heavy atom. The zero-order chi connectivity index (χ0) is 23.3. The van der Waals surface area contributed by atoms with Gasteiger partial charge in [0.2, 0.25) is 0 Å². The van der Waals surface area contributed by atoms with Crippen molar-refractivity contribution >= 4 is 6.08 Å². The molecule has 2 aromatic carbocycles. The van der Waals surface area contributed by atoms with Crippen LogP contribution in [-0.4, -0.2) is 6.18 Å². The van der Waals surface area contributed by atoms with Gasteiger partial charge in [0.15, 0.2) is 0 Å². The minimum atomic E-state index is -4.69. The number of rotatable bonds is 7. The maximum Gasteiger partial charge on any atom is 0.409 e. The van der Waals surface area contributed by atoms with Gasteiger partial charge in [-0.1, -0.05) is 44.7 Å². The molecule has 0 nitrogen and oxygen atoms in total. The third-order valence-electron chi connectivity index (χ3n) is 6.36. The summed E-state index contributed by atoms with van der Waals surface area (Å²) in [5.41, 5.74) is 0.0433. The Bertz CT molecular complexity index is 913. The monoisotopic (exact) mass is 454 g/mol. The Balaban J connectivity index is 1.73. The van der Waals surface area contributed by atoms with Gasteiger partial charge in [0, 0.05) is 17.2 Å². The largest absolute Gasteiger partial charge is 0.409 e. The number of unbranched alkanes of at least 4 members (excludes halogenated alkanes) is 2. The summed E-state index contributed by atoms with van der Waals surface area (Å²) in [7, 11) is 0. The van der Waals surface area contributed by atoms with Gasteiger partial charge in [0.1, 0.15) is 17.5 Å². The summed E-state index contributed by atoms with van der Waals surface area (Å²) >= 11 is 0. The van der Waals surface area contributed by atoms with Crippen LogP contribution < -0.4 is 0 Å². The summed E-state index contributed by atoms with van der Waals surface area (Å²) in [4.78, 5) is 0. The van der Waals surface area contributed by atoms with Crippen molar-refractivity contribution in [1.29, 1.82) is 0 Å². The zero-order valence-corrected chi connectivity index (χ0v) is 18.1. The van der Waals surface area contributed by atoms with Gasteiger partial charge in [-0.2, -0.15) is 13.2 Å². The number of hydrogen-bond acceptors (Lipinski definition) is 0. The molecule has 2 aromatic rings. The summed E-state index contributed by atoms with van der Waals surface area (Å²) in [6.45, 7) is 2.19. The Morgan fingerprint density at radius 2 is 1.53 bits per heavy atom. The lowest BCUT2D eigenvalue weighted by atomic mass is 9.77. The lowest BCUT2D eigenvalue weighted by Crippen LogP contribution is -2.13. The lowest BCUT2D eigenvalue weighted by molar-refractivity contribution is -0.0790. The van der Waals surface area contributed by atoms with Crippen LogP contribution in [0.2, 0.25) is 0 Å². The molecule has 0 bridgehead atoms. The van der Waals surface area contributed by atoms with Crippen molar-refractivity contribution in [3.63, 3.8) is 0 Å². The summed E-state index contributed by atoms with van der Waals surface area (Å²) in [6, 6.07) is 6.42. The third-order valence-corrected chi connectivity index (χ3v) is 6.36. The van der Waals surface area contributed by atoms with E-state index in [0.29, 0.717) is 6.08 Å². The Morgan fingerprint density at radius 1 is 0.875 bits per heavy atom. The van der Waals surface area contributed by atoms with Crippen LogP contribution in [0, 0.1) is 23.4 Å². The first-order valence-corrected chi connectivity index (χ1v) is 11.2. The molecule has 6 heteroatoms. The van der Waals surface area contributed by atoms with Crippen LogP contribution in [0.15, 0.2) is 36.4 Å². The van der Waals surface area contributed by atoms with Crippen LogP contribution >= 0.6 is 0 Å². The van der Waals surface area contributed by atoms with Gasteiger partial charge in [-0.15, -0.1) is 0 Å². The van der Waals surface area contributed by atoms with Crippen molar-refractivity contribution < 1.29 is 26.3 Å². The fourth-order valence-corrected chi connectivity index (χ4v) is 4.56. The highest BCUT2D eigenvalue weighted by molar-refractivity contribution is 5.67. The van der Waals surface area contributed by atoms with E-state index in [1.807, 2.05) is 0 Å². The van der Waals surface area contributed by atoms with Crippen molar-refractivity contribution in [2.45, 2.75) is 70.4 Å². The van der Waals surface area contributed by atoms with Gasteiger partial charge in [0.05, 0.1) is 0 Å². The van der Waals surface area contributed by atoms with Crippen LogP contribution in [0.3, 0.4) is 0 Å². The Hall–Kier alpha value is -2.24. The van der Waals surface area contributed by atoms with Crippen molar-refractivity contribution in [3.05, 3.63) is 65.0 Å². The second kappa shape index (κ2) is 10.6. The number of halogens is 6. The summed E-state index contributed by atoms with van der Waals surface area (Å²) in [5, 5.41) is 0. The predicted molar refractivity (Wildman–Crippen MR) is 116 cm³/mol. The van der Waals surface area contributed by atoms with Gasteiger partial charge >= 0.3 is 6.18 Å². The first-order valence-electron chi connectivity index (χ1n) is 11.2.